The van der Waals surface area contributed by atoms with Crippen LogP contribution in [0.25, 0.3) is 0 Å². The third kappa shape index (κ3) is 3.80. The number of nitrogens with one attached hydrogen (secondary N) is 3. The van der Waals surface area contributed by atoms with Crippen LogP contribution in [0.2, 0.25) is 0 Å². The van der Waals surface area contributed by atoms with Gasteiger partial charge in [-0.3, -0.25) is 4.79 Å². The lowest BCUT2D eigenvalue weighted by Crippen LogP contribution is -2.44. The van der Waals surface area contributed by atoms with Gasteiger partial charge in [-0.1, -0.05) is 25.8 Å². The van der Waals surface area contributed by atoms with Crippen LogP contribution in [0.4, 0.5) is 5.69 Å². The van der Waals surface area contributed by atoms with Crippen molar-refractivity contribution in [1.29, 1.82) is 0 Å². The minimum atomic E-state index is -3.59. The highest BCUT2D eigenvalue weighted by Gasteiger charge is 2.49. The number of rotatable bonds is 6. The van der Waals surface area contributed by atoms with E-state index in [2.05, 4.69) is 15.4 Å². The van der Waals surface area contributed by atoms with Gasteiger partial charge in [-0.2, -0.15) is 0 Å². The van der Waals surface area contributed by atoms with Crippen molar-refractivity contribution in [3.63, 3.8) is 0 Å². The third-order valence-electron chi connectivity index (χ3n) is 5.86. The van der Waals surface area contributed by atoms with Crippen molar-refractivity contribution in [2.24, 2.45) is 11.3 Å². The molecule has 1 aliphatic heterocycles. The van der Waals surface area contributed by atoms with Crippen molar-refractivity contribution in [3.05, 3.63) is 24.3 Å². The summed E-state index contributed by atoms with van der Waals surface area (Å²) in [6, 6.07) is 6.38. The van der Waals surface area contributed by atoms with Gasteiger partial charge >= 0.3 is 0 Å². The maximum atomic E-state index is 13.0. The number of sulfonamides is 1. The lowest BCUT2D eigenvalue weighted by atomic mass is 9.67. The Bertz CT molecular complexity index is 765. The van der Waals surface area contributed by atoms with Gasteiger partial charge in [-0.25, -0.2) is 13.1 Å². The Morgan fingerprint density at radius 2 is 2.19 bits per heavy atom. The second-order valence-electron chi connectivity index (χ2n) is 7.64. The van der Waals surface area contributed by atoms with Crippen LogP contribution in [-0.4, -0.2) is 33.5 Å². The molecule has 0 spiro atoms. The molecule has 0 radical (unpaired) electrons. The second kappa shape index (κ2) is 7.66. The van der Waals surface area contributed by atoms with Crippen molar-refractivity contribution < 1.29 is 13.2 Å². The number of benzene rings is 1. The zero-order chi connectivity index (χ0) is 18.8. The van der Waals surface area contributed by atoms with Crippen LogP contribution in [-0.2, 0) is 14.8 Å². The first-order valence-electron chi connectivity index (χ1n) is 9.52. The third-order valence-corrected chi connectivity index (χ3v) is 7.45. The standard InChI is InChI=1S/C19H29N3O3S/c1-3-14(2)22-26(24,25)17-9-6-8-16(11-17)21-18(23)19-10-5-4-7-15(19)12-20-13-19/h6,8-9,11,14-15,20,22H,3-5,7,10,12-13H2,1-2H3,(H,21,23)/t14?,15-,19+/m0/s1. The molecule has 26 heavy (non-hydrogen) atoms. The van der Waals surface area contributed by atoms with E-state index in [9.17, 15) is 13.2 Å². The van der Waals surface area contributed by atoms with Crippen molar-refractivity contribution in [2.75, 3.05) is 18.4 Å². The van der Waals surface area contributed by atoms with E-state index in [1.165, 1.54) is 6.42 Å². The smallest absolute Gasteiger partial charge is 0.240 e. The minimum absolute atomic E-state index is 0.0108. The van der Waals surface area contributed by atoms with Crippen molar-refractivity contribution in [2.45, 2.75) is 56.9 Å². The lowest BCUT2D eigenvalue weighted by molar-refractivity contribution is -0.128. The number of amides is 1. The van der Waals surface area contributed by atoms with E-state index < -0.39 is 10.0 Å². The fraction of sp³-hybridized carbons (Fsp3) is 0.632. The summed E-state index contributed by atoms with van der Waals surface area (Å²) in [4.78, 5) is 13.2. The quantitative estimate of drug-likeness (QED) is 0.709. The Morgan fingerprint density at radius 1 is 1.38 bits per heavy atom. The van der Waals surface area contributed by atoms with Gasteiger partial charge in [0.25, 0.3) is 0 Å². The summed E-state index contributed by atoms with van der Waals surface area (Å²) in [5, 5.41) is 6.35. The van der Waals surface area contributed by atoms with Crippen LogP contribution in [0.3, 0.4) is 0 Å². The van der Waals surface area contributed by atoms with Gasteiger partial charge in [0.05, 0.1) is 10.3 Å². The monoisotopic (exact) mass is 379 g/mol. The topological polar surface area (TPSA) is 87.3 Å². The number of hydrogen-bond acceptors (Lipinski definition) is 4. The number of carbonyl (C=O) groups is 1. The van der Waals surface area contributed by atoms with E-state index in [4.69, 9.17) is 0 Å². The summed E-state index contributed by atoms with van der Waals surface area (Å²) in [5.41, 5.74) is 0.176. The van der Waals surface area contributed by atoms with E-state index in [-0.39, 0.29) is 22.3 Å². The van der Waals surface area contributed by atoms with E-state index in [0.717, 1.165) is 25.8 Å². The molecule has 1 amide bonds. The molecule has 1 saturated heterocycles. The normalized spacial score (nSPS) is 26.9. The number of fused-ring (bicyclic) bond motifs is 1. The van der Waals surface area contributed by atoms with Crippen molar-refractivity contribution in [3.8, 4) is 0 Å². The molecule has 1 aliphatic carbocycles. The fourth-order valence-corrected chi connectivity index (χ4v) is 5.48. The van der Waals surface area contributed by atoms with Crippen LogP contribution in [0.1, 0.15) is 46.0 Å². The SMILES string of the molecule is CCC(C)NS(=O)(=O)c1cccc(NC(=O)[C@@]23CCCC[C@H]2CNC3)c1. The first-order chi connectivity index (χ1) is 12.4. The highest BCUT2D eigenvalue weighted by atomic mass is 32.2. The Kier molecular flexibility index (Phi) is 5.69. The Balaban J connectivity index is 1.78. The van der Waals surface area contributed by atoms with Crippen LogP contribution in [0.5, 0.6) is 0 Å². The van der Waals surface area contributed by atoms with Crippen LogP contribution in [0, 0.1) is 11.3 Å². The zero-order valence-electron chi connectivity index (χ0n) is 15.5. The van der Waals surface area contributed by atoms with Crippen LogP contribution < -0.4 is 15.4 Å². The molecule has 1 saturated carbocycles. The molecule has 2 fully saturated rings. The second-order valence-corrected chi connectivity index (χ2v) is 9.36. The predicted octanol–water partition coefficient (Wildman–Crippen LogP) is 2.48. The summed E-state index contributed by atoms with van der Waals surface area (Å²) in [6.45, 7) is 5.36. The summed E-state index contributed by atoms with van der Waals surface area (Å²) < 4.78 is 27.6. The summed E-state index contributed by atoms with van der Waals surface area (Å²) >= 11 is 0. The first kappa shape index (κ1) is 19.3. The maximum Gasteiger partial charge on any atom is 0.240 e. The molecule has 1 aromatic carbocycles. The molecule has 1 unspecified atom stereocenters. The van der Waals surface area contributed by atoms with E-state index in [1.807, 2.05) is 13.8 Å². The van der Waals surface area contributed by atoms with Gasteiger partial charge in [0, 0.05) is 18.3 Å². The lowest BCUT2D eigenvalue weighted by Gasteiger charge is -2.37. The van der Waals surface area contributed by atoms with Gasteiger partial charge < -0.3 is 10.6 Å². The van der Waals surface area contributed by atoms with Crippen molar-refractivity contribution in [1.82, 2.24) is 10.0 Å². The molecule has 6 nitrogen and oxygen atoms in total. The van der Waals surface area contributed by atoms with Gasteiger partial charge in [-0.15, -0.1) is 0 Å². The molecule has 0 bridgehead atoms. The molecule has 3 atom stereocenters. The zero-order valence-corrected chi connectivity index (χ0v) is 16.4. The molecule has 7 heteroatoms. The first-order valence-corrected chi connectivity index (χ1v) is 11.0. The predicted molar refractivity (Wildman–Crippen MR) is 102 cm³/mol. The number of anilines is 1. The molecule has 2 aliphatic rings. The van der Waals surface area contributed by atoms with E-state index >= 15 is 0 Å². The van der Waals surface area contributed by atoms with Gasteiger partial charge in [0.1, 0.15) is 0 Å². The highest BCUT2D eigenvalue weighted by Crippen LogP contribution is 2.44. The summed E-state index contributed by atoms with van der Waals surface area (Å²) in [6.07, 6.45) is 4.93. The van der Waals surface area contributed by atoms with Crippen LogP contribution in [0.15, 0.2) is 29.2 Å². The summed E-state index contributed by atoms with van der Waals surface area (Å²) in [7, 11) is -3.59. The minimum Gasteiger partial charge on any atom is -0.326 e. The fourth-order valence-electron chi connectivity index (χ4n) is 4.10. The highest BCUT2D eigenvalue weighted by molar-refractivity contribution is 7.89. The summed E-state index contributed by atoms with van der Waals surface area (Å²) in [5.74, 6) is 0.381. The Morgan fingerprint density at radius 3 is 2.96 bits per heavy atom. The molecule has 1 aromatic rings. The average Bonchev–Trinajstić information content (AvgIpc) is 3.07. The average molecular weight is 380 g/mol. The van der Waals surface area contributed by atoms with Gasteiger partial charge in [0.15, 0.2) is 0 Å². The largest absolute Gasteiger partial charge is 0.326 e. The molecular formula is C19H29N3O3S. The molecular weight excluding hydrogens is 350 g/mol. The van der Waals surface area contributed by atoms with E-state index in [0.29, 0.717) is 24.6 Å². The van der Waals surface area contributed by atoms with Gasteiger partial charge in [0.2, 0.25) is 15.9 Å². The molecule has 3 rings (SSSR count). The molecule has 144 valence electrons. The van der Waals surface area contributed by atoms with Gasteiger partial charge in [-0.05, 0) is 56.8 Å². The van der Waals surface area contributed by atoms with Crippen molar-refractivity contribution >= 4 is 21.6 Å². The van der Waals surface area contributed by atoms with E-state index in [1.54, 1.807) is 24.3 Å². The Hall–Kier alpha value is -1.44. The molecule has 0 aromatic heterocycles. The maximum absolute atomic E-state index is 13.0. The van der Waals surface area contributed by atoms with Crippen LogP contribution >= 0.6 is 0 Å². The number of hydrogen-bond donors (Lipinski definition) is 3. The molecule has 1 heterocycles. The number of carbonyl (C=O) groups excluding carboxylic acids is 1. The Labute approximate surface area is 156 Å². The molecule has 3 N–H and O–H groups in total.